The van der Waals surface area contributed by atoms with Crippen molar-refractivity contribution in [3.05, 3.63) is 35.8 Å². The summed E-state index contributed by atoms with van der Waals surface area (Å²) in [6.45, 7) is 0. The lowest BCUT2D eigenvalue weighted by Crippen LogP contribution is -2.11. The maximum Gasteiger partial charge on any atom is 0.216 e. The van der Waals surface area contributed by atoms with Crippen LogP contribution in [0.4, 0.5) is 0 Å². The van der Waals surface area contributed by atoms with Crippen molar-refractivity contribution in [3.8, 4) is 0 Å². The van der Waals surface area contributed by atoms with Gasteiger partial charge in [-0.2, -0.15) is 0 Å². The molecule has 0 fully saturated rings. The van der Waals surface area contributed by atoms with Gasteiger partial charge < -0.3 is 5.11 Å². The standard InChI is InChI=1S/C7H9NO2/c1-10-8-7(9)6-4-2-3-5-6/h2-5,8-9H,1H3. The summed E-state index contributed by atoms with van der Waals surface area (Å²) in [4.78, 5) is 4.49. The Hall–Kier alpha value is -1.22. The van der Waals surface area contributed by atoms with Crippen LogP contribution in [-0.2, 0) is 4.84 Å². The minimum Gasteiger partial charge on any atom is -0.493 e. The lowest BCUT2D eigenvalue weighted by molar-refractivity contribution is 0.0773. The molecule has 0 heterocycles. The normalized spacial score (nSPS) is 14.3. The van der Waals surface area contributed by atoms with Crippen LogP contribution in [0.25, 0.3) is 0 Å². The van der Waals surface area contributed by atoms with E-state index < -0.39 is 0 Å². The first-order valence-corrected chi connectivity index (χ1v) is 2.91. The summed E-state index contributed by atoms with van der Waals surface area (Å²) in [7, 11) is 1.44. The molecule has 0 amide bonds. The predicted octanol–water partition coefficient (Wildman–Crippen LogP) is 1.03. The zero-order chi connectivity index (χ0) is 7.40. The molecule has 0 aromatic rings. The number of aliphatic hydroxyl groups excluding tert-OH is 1. The van der Waals surface area contributed by atoms with E-state index in [1.165, 1.54) is 7.11 Å². The van der Waals surface area contributed by atoms with Gasteiger partial charge in [-0.25, -0.2) is 5.48 Å². The average Bonchev–Trinajstić information content (AvgIpc) is 2.38. The van der Waals surface area contributed by atoms with Crippen LogP contribution in [0, 0.1) is 0 Å². The molecule has 2 N–H and O–H groups in total. The molecule has 1 aliphatic carbocycles. The van der Waals surface area contributed by atoms with E-state index in [2.05, 4.69) is 10.3 Å². The molecule has 1 rings (SSSR count). The summed E-state index contributed by atoms with van der Waals surface area (Å²) in [6.07, 6.45) is 7.23. The van der Waals surface area contributed by atoms with E-state index in [1.54, 1.807) is 12.2 Å². The maximum absolute atomic E-state index is 9.09. The summed E-state index contributed by atoms with van der Waals surface area (Å²) in [5.74, 6) is 0.0347. The molecule has 0 saturated carbocycles. The highest BCUT2D eigenvalue weighted by atomic mass is 16.6. The quantitative estimate of drug-likeness (QED) is 0.443. The van der Waals surface area contributed by atoms with Gasteiger partial charge in [0.2, 0.25) is 5.88 Å². The second kappa shape index (κ2) is 3.08. The van der Waals surface area contributed by atoms with Crippen molar-refractivity contribution in [2.24, 2.45) is 0 Å². The van der Waals surface area contributed by atoms with Crippen LogP contribution in [0.15, 0.2) is 35.8 Å². The molecular formula is C7H9NO2. The van der Waals surface area contributed by atoms with Gasteiger partial charge in [-0.1, -0.05) is 12.2 Å². The maximum atomic E-state index is 9.09. The van der Waals surface area contributed by atoms with E-state index in [-0.39, 0.29) is 5.88 Å². The van der Waals surface area contributed by atoms with Crippen molar-refractivity contribution in [1.82, 2.24) is 5.48 Å². The minimum absolute atomic E-state index is 0.0347. The highest BCUT2D eigenvalue weighted by Gasteiger charge is 1.99. The number of hydrogen-bond acceptors (Lipinski definition) is 3. The summed E-state index contributed by atoms with van der Waals surface area (Å²) in [5.41, 5.74) is 3.04. The van der Waals surface area contributed by atoms with Crippen molar-refractivity contribution in [1.29, 1.82) is 0 Å². The Morgan fingerprint density at radius 3 is 2.60 bits per heavy atom. The molecule has 0 atom stereocenters. The van der Waals surface area contributed by atoms with Gasteiger partial charge in [-0.05, 0) is 12.2 Å². The van der Waals surface area contributed by atoms with Crippen LogP contribution in [0.5, 0.6) is 0 Å². The van der Waals surface area contributed by atoms with Gasteiger partial charge in [0.15, 0.2) is 0 Å². The Kier molecular flexibility index (Phi) is 2.12. The second-order valence-electron chi connectivity index (χ2n) is 1.83. The highest BCUT2D eigenvalue weighted by molar-refractivity contribution is 5.40. The van der Waals surface area contributed by atoms with Crippen LogP contribution in [0.1, 0.15) is 0 Å². The van der Waals surface area contributed by atoms with E-state index >= 15 is 0 Å². The number of nitrogens with one attached hydrogen (secondary N) is 1. The number of hydrogen-bond donors (Lipinski definition) is 2. The molecule has 3 nitrogen and oxygen atoms in total. The van der Waals surface area contributed by atoms with Gasteiger partial charge in [-0.3, -0.25) is 4.84 Å². The third-order valence-electron chi connectivity index (χ3n) is 1.13. The third kappa shape index (κ3) is 1.39. The fourth-order valence-corrected chi connectivity index (χ4v) is 0.687. The molecule has 0 bridgehead atoms. The lowest BCUT2D eigenvalue weighted by Gasteiger charge is -2.01. The van der Waals surface area contributed by atoms with Gasteiger partial charge in [0.05, 0.1) is 7.11 Å². The second-order valence-corrected chi connectivity index (χ2v) is 1.83. The minimum atomic E-state index is 0.0347. The molecule has 10 heavy (non-hydrogen) atoms. The van der Waals surface area contributed by atoms with E-state index in [9.17, 15) is 0 Å². The SMILES string of the molecule is CONC(O)=C1C=CC=C1. The fraction of sp³-hybridized carbons (Fsp3) is 0.143. The number of rotatable bonds is 2. The van der Waals surface area contributed by atoms with Gasteiger partial charge in [0, 0.05) is 5.57 Å². The summed E-state index contributed by atoms with van der Waals surface area (Å²) in [6, 6.07) is 0. The molecular weight excluding hydrogens is 130 g/mol. The van der Waals surface area contributed by atoms with E-state index in [4.69, 9.17) is 5.11 Å². The van der Waals surface area contributed by atoms with E-state index in [0.29, 0.717) is 0 Å². The lowest BCUT2D eigenvalue weighted by atomic mass is 10.3. The van der Waals surface area contributed by atoms with Gasteiger partial charge in [-0.15, -0.1) is 0 Å². The first-order valence-electron chi connectivity index (χ1n) is 2.91. The Balaban J connectivity index is 2.65. The number of allylic oxidation sites excluding steroid dienone is 5. The first kappa shape index (κ1) is 6.89. The molecule has 0 aromatic heterocycles. The monoisotopic (exact) mass is 139 g/mol. The number of aliphatic hydroxyl groups is 1. The number of hydroxylamine groups is 1. The highest BCUT2D eigenvalue weighted by Crippen LogP contribution is 2.08. The van der Waals surface area contributed by atoms with Crippen LogP contribution >= 0.6 is 0 Å². The summed E-state index contributed by atoms with van der Waals surface area (Å²) >= 11 is 0. The molecule has 0 aliphatic heterocycles. The molecule has 0 radical (unpaired) electrons. The Labute approximate surface area is 59.3 Å². The van der Waals surface area contributed by atoms with Gasteiger partial charge in [0.1, 0.15) is 0 Å². The van der Waals surface area contributed by atoms with Crippen LogP contribution in [-0.4, -0.2) is 12.2 Å². The van der Waals surface area contributed by atoms with Gasteiger partial charge in [0.25, 0.3) is 0 Å². The molecule has 54 valence electrons. The van der Waals surface area contributed by atoms with Crippen LogP contribution in [0.2, 0.25) is 0 Å². The van der Waals surface area contributed by atoms with Crippen LogP contribution in [0.3, 0.4) is 0 Å². The molecule has 0 spiro atoms. The van der Waals surface area contributed by atoms with Crippen molar-refractivity contribution < 1.29 is 9.94 Å². The van der Waals surface area contributed by atoms with Crippen molar-refractivity contribution in [3.63, 3.8) is 0 Å². The summed E-state index contributed by atoms with van der Waals surface area (Å²) in [5, 5.41) is 9.09. The van der Waals surface area contributed by atoms with E-state index in [0.717, 1.165) is 5.57 Å². The van der Waals surface area contributed by atoms with Crippen molar-refractivity contribution in [2.45, 2.75) is 0 Å². The molecule has 3 heteroatoms. The molecule has 0 aromatic carbocycles. The van der Waals surface area contributed by atoms with Crippen molar-refractivity contribution >= 4 is 0 Å². The predicted molar refractivity (Wildman–Crippen MR) is 38.1 cm³/mol. The first-order chi connectivity index (χ1) is 4.84. The summed E-state index contributed by atoms with van der Waals surface area (Å²) < 4.78 is 0. The fourth-order valence-electron chi connectivity index (χ4n) is 0.687. The zero-order valence-corrected chi connectivity index (χ0v) is 5.66. The Bertz CT molecular complexity index is 190. The molecule has 0 saturated heterocycles. The Morgan fingerprint density at radius 2 is 2.10 bits per heavy atom. The van der Waals surface area contributed by atoms with Crippen molar-refractivity contribution in [2.75, 3.05) is 7.11 Å². The zero-order valence-electron chi connectivity index (χ0n) is 5.66. The topological polar surface area (TPSA) is 41.5 Å². The molecule has 0 unspecified atom stereocenters. The van der Waals surface area contributed by atoms with E-state index in [1.807, 2.05) is 12.2 Å². The Morgan fingerprint density at radius 1 is 1.50 bits per heavy atom. The smallest absolute Gasteiger partial charge is 0.216 e. The van der Waals surface area contributed by atoms with Crippen LogP contribution < -0.4 is 5.48 Å². The van der Waals surface area contributed by atoms with Gasteiger partial charge >= 0.3 is 0 Å². The third-order valence-corrected chi connectivity index (χ3v) is 1.13. The average molecular weight is 139 g/mol. The molecule has 1 aliphatic rings. The largest absolute Gasteiger partial charge is 0.493 e.